The van der Waals surface area contributed by atoms with Crippen LogP contribution in [0, 0.1) is 21.4 Å². The third-order valence-electron chi connectivity index (χ3n) is 2.96. The van der Waals surface area contributed by atoms with Crippen LogP contribution in [0.2, 0.25) is 0 Å². The molecule has 0 bridgehead atoms. The first-order chi connectivity index (χ1) is 9.61. The largest absolute Gasteiger partial charge is 0.484 e. The molecule has 2 atom stereocenters. The monoisotopic (exact) mass is 277 g/mol. The van der Waals surface area contributed by atoms with Gasteiger partial charge in [-0.3, -0.25) is 10.1 Å². The van der Waals surface area contributed by atoms with Gasteiger partial charge >= 0.3 is 5.69 Å². The Bertz CT molecular complexity index is 541. The van der Waals surface area contributed by atoms with Gasteiger partial charge in [0.05, 0.1) is 11.0 Å². The highest BCUT2D eigenvalue weighted by molar-refractivity contribution is 5.57. The van der Waals surface area contributed by atoms with Gasteiger partial charge in [0, 0.05) is 13.1 Å². The number of hydrogen-bond acceptors (Lipinski definition) is 6. The molecule has 0 amide bonds. The van der Waals surface area contributed by atoms with Gasteiger partial charge in [-0.1, -0.05) is 6.07 Å². The molecular weight excluding hydrogens is 262 g/mol. The van der Waals surface area contributed by atoms with Crippen LogP contribution in [-0.2, 0) is 4.74 Å². The molecule has 0 saturated carbocycles. The van der Waals surface area contributed by atoms with E-state index in [2.05, 4.69) is 5.32 Å². The predicted octanol–water partition coefficient (Wildman–Crippen LogP) is 1.22. The summed E-state index contributed by atoms with van der Waals surface area (Å²) in [4.78, 5) is 10.4. The summed E-state index contributed by atoms with van der Waals surface area (Å²) in [7, 11) is 0. The molecule has 7 nitrogen and oxygen atoms in total. The Morgan fingerprint density at radius 1 is 1.60 bits per heavy atom. The summed E-state index contributed by atoms with van der Waals surface area (Å²) in [6.45, 7) is 3.56. The smallest absolute Gasteiger partial charge is 0.328 e. The third-order valence-corrected chi connectivity index (χ3v) is 2.96. The zero-order chi connectivity index (χ0) is 14.5. The Labute approximate surface area is 116 Å². The highest BCUT2D eigenvalue weighted by Crippen LogP contribution is 2.30. The van der Waals surface area contributed by atoms with Crippen molar-refractivity contribution in [3.8, 4) is 11.8 Å². The van der Waals surface area contributed by atoms with Crippen LogP contribution in [0.3, 0.4) is 0 Å². The van der Waals surface area contributed by atoms with E-state index < -0.39 is 4.92 Å². The topological polar surface area (TPSA) is 97.4 Å². The molecule has 1 fully saturated rings. The van der Waals surface area contributed by atoms with Crippen molar-refractivity contribution in [2.45, 2.75) is 19.1 Å². The molecule has 1 aromatic carbocycles. The maximum absolute atomic E-state index is 11.0. The molecule has 0 aliphatic carbocycles. The number of hydrogen-bond donors (Lipinski definition) is 1. The second-order valence-corrected chi connectivity index (χ2v) is 4.56. The van der Waals surface area contributed by atoms with Crippen LogP contribution in [0.15, 0.2) is 18.2 Å². The average molecular weight is 277 g/mol. The van der Waals surface area contributed by atoms with Gasteiger partial charge in [-0.05, 0) is 19.1 Å². The third kappa shape index (κ3) is 3.23. The average Bonchev–Trinajstić information content (AvgIpc) is 2.44. The van der Waals surface area contributed by atoms with Gasteiger partial charge in [0.1, 0.15) is 24.3 Å². The summed E-state index contributed by atoms with van der Waals surface area (Å²) in [6, 6.07) is 6.24. The number of nitrogens with one attached hydrogen (secondary N) is 1. The lowest BCUT2D eigenvalue weighted by atomic mass is 10.2. The number of nitro groups is 1. The maximum Gasteiger partial charge on any atom is 0.328 e. The number of para-hydroxylation sites is 1. The number of nitro benzene ring substituents is 1. The fourth-order valence-electron chi connectivity index (χ4n) is 2.07. The number of benzene rings is 1. The summed E-state index contributed by atoms with van der Waals surface area (Å²) in [5.74, 6) is 0.0934. The molecule has 1 heterocycles. The van der Waals surface area contributed by atoms with Gasteiger partial charge < -0.3 is 14.8 Å². The molecule has 0 spiro atoms. The fraction of sp³-hybridized carbons (Fsp3) is 0.462. The number of rotatable bonds is 4. The van der Waals surface area contributed by atoms with Gasteiger partial charge in [-0.2, -0.15) is 5.26 Å². The van der Waals surface area contributed by atoms with E-state index in [1.165, 1.54) is 12.1 Å². The first-order valence-electron chi connectivity index (χ1n) is 6.28. The Morgan fingerprint density at radius 2 is 2.40 bits per heavy atom. The molecule has 0 aromatic heterocycles. The van der Waals surface area contributed by atoms with Crippen molar-refractivity contribution in [2.24, 2.45) is 0 Å². The fourth-order valence-corrected chi connectivity index (χ4v) is 2.07. The van der Waals surface area contributed by atoms with E-state index in [9.17, 15) is 10.1 Å². The van der Waals surface area contributed by atoms with E-state index >= 15 is 0 Å². The van der Waals surface area contributed by atoms with E-state index in [4.69, 9.17) is 14.7 Å². The van der Waals surface area contributed by atoms with Crippen LogP contribution in [0.1, 0.15) is 12.5 Å². The summed E-state index contributed by atoms with van der Waals surface area (Å²) < 4.78 is 11.1. The quantitative estimate of drug-likeness (QED) is 0.656. The van der Waals surface area contributed by atoms with Gasteiger partial charge in [0.2, 0.25) is 0 Å². The number of morpholine rings is 1. The van der Waals surface area contributed by atoms with Crippen LogP contribution < -0.4 is 10.1 Å². The lowest BCUT2D eigenvalue weighted by Crippen LogP contribution is -2.45. The van der Waals surface area contributed by atoms with Crippen LogP contribution in [0.25, 0.3) is 0 Å². The first kappa shape index (κ1) is 14.2. The Morgan fingerprint density at radius 3 is 3.05 bits per heavy atom. The molecule has 2 unspecified atom stereocenters. The van der Waals surface area contributed by atoms with Gasteiger partial charge in [0.15, 0.2) is 5.75 Å². The van der Waals surface area contributed by atoms with Crippen molar-refractivity contribution in [3.63, 3.8) is 0 Å². The molecule has 1 aliphatic rings. The molecule has 20 heavy (non-hydrogen) atoms. The lowest BCUT2D eigenvalue weighted by molar-refractivity contribution is -0.386. The van der Waals surface area contributed by atoms with E-state index in [-0.39, 0.29) is 35.8 Å². The Kier molecular flexibility index (Phi) is 4.50. The Hall–Kier alpha value is -2.17. The van der Waals surface area contributed by atoms with Gasteiger partial charge in [-0.15, -0.1) is 0 Å². The number of nitriles is 1. The number of nitrogens with zero attached hydrogens (tertiary/aromatic N) is 2. The lowest BCUT2D eigenvalue weighted by Gasteiger charge is -2.28. The number of ether oxygens (including phenoxy) is 2. The van der Waals surface area contributed by atoms with Crippen molar-refractivity contribution in [3.05, 3.63) is 33.9 Å². The standard InChI is InChI=1S/C13H15N3O4/c1-9-6-15-7-11(20-9)8-19-12-4-2-3-10(5-14)13(12)16(17)18/h2-4,9,11,15H,6-8H2,1H3. The highest BCUT2D eigenvalue weighted by Gasteiger charge is 2.24. The van der Waals surface area contributed by atoms with E-state index in [1.54, 1.807) is 12.1 Å². The van der Waals surface area contributed by atoms with Crippen molar-refractivity contribution in [1.29, 1.82) is 5.26 Å². The zero-order valence-electron chi connectivity index (χ0n) is 11.0. The van der Waals surface area contributed by atoms with Crippen molar-refractivity contribution in [2.75, 3.05) is 19.7 Å². The molecule has 0 radical (unpaired) electrons. The van der Waals surface area contributed by atoms with Crippen LogP contribution in [0.4, 0.5) is 5.69 Å². The van der Waals surface area contributed by atoms with Crippen molar-refractivity contribution in [1.82, 2.24) is 5.32 Å². The SMILES string of the molecule is CC1CNCC(COc2cccc(C#N)c2[N+](=O)[O-])O1. The minimum Gasteiger partial charge on any atom is -0.484 e. The second-order valence-electron chi connectivity index (χ2n) is 4.56. The molecular formula is C13H15N3O4. The maximum atomic E-state index is 11.0. The Balaban J connectivity index is 2.09. The van der Waals surface area contributed by atoms with E-state index in [0.717, 1.165) is 6.54 Å². The highest BCUT2D eigenvalue weighted by atomic mass is 16.6. The summed E-state index contributed by atoms with van der Waals surface area (Å²) in [6.07, 6.45) is -0.0816. The molecule has 2 rings (SSSR count). The molecule has 1 aromatic rings. The van der Waals surface area contributed by atoms with Crippen molar-refractivity contribution < 1.29 is 14.4 Å². The molecule has 1 saturated heterocycles. The molecule has 106 valence electrons. The normalized spacial score (nSPS) is 22.0. The molecule has 1 aliphatic heterocycles. The zero-order valence-corrected chi connectivity index (χ0v) is 11.0. The minimum absolute atomic E-state index is 0.0106. The second kappa shape index (κ2) is 6.32. The first-order valence-corrected chi connectivity index (χ1v) is 6.28. The van der Waals surface area contributed by atoms with E-state index in [0.29, 0.717) is 6.54 Å². The summed E-state index contributed by atoms with van der Waals surface area (Å²) >= 11 is 0. The van der Waals surface area contributed by atoms with Crippen LogP contribution in [0.5, 0.6) is 5.75 Å². The minimum atomic E-state index is -0.601. The summed E-state index contributed by atoms with van der Waals surface area (Å²) in [5.41, 5.74) is -0.310. The van der Waals surface area contributed by atoms with Gasteiger partial charge in [-0.25, -0.2) is 0 Å². The molecule has 1 N–H and O–H groups in total. The van der Waals surface area contributed by atoms with E-state index in [1.807, 2.05) is 6.92 Å². The molecule has 7 heteroatoms. The van der Waals surface area contributed by atoms with Crippen LogP contribution >= 0.6 is 0 Å². The summed E-state index contributed by atoms with van der Waals surface area (Å²) in [5, 5.41) is 23.1. The van der Waals surface area contributed by atoms with Crippen molar-refractivity contribution >= 4 is 5.69 Å². The van der Waals surface area contributed by atoms with Crippen LogP contribution in [-0.4, -0.2) is 36.8 Å². The predicted molar refractivity (Wildman–Crippen MR) is 70.5 cm³/mol. The van der Waals surface area contributed by atoms with Gasteiger partial charge in [0.25, 0.3) is 0 Å².